The van der Waals surface area contributed by atoms with Crippen molar-refractivity contribution in [3.63, 3.8) is 0 Å². The quantitative estimate of drug-likeness (QED) is 0.861. The Kier molecular flexibility index (Phi) is 4.63. The molecular weight excluding hydrogens is 318 g/mol. The average Bonchev–Trinajstić information content (AvgIpc) is 3.10. The highest BCUT2D eigenvalue weighted by molar-refractivity contribution is 7.09. The standard InChI is InChI=1S/C19H23N3OS/c23-19(22-11-8-17-18(13-22)24-14-20-17)16-6-9-21(10-7-16)12-15-4-2-1-3-5-15/h1-5,14,16H,6-13H2. The maximum absolute atomic E-state index is 12.8. The lowest BCUT2D eigenvalue weighted by atomic mass is 9.94. The number of hydrogen-bond donors (Lipinski definition) is 0. The Hall–Kier alpha value is -1.72. The van der Waals surface area contributed by atoms with Gasteiger partial charge in [0, 0.05) is 30.3 Å². The van der Waals surface area contributed by atoms with Crippen LogP contribution in [0.2, 0.25) is 0 Å². The molecule has 1 aromatic carbocycles. The topological polar surface area (TPSA) is 36.4 Å². The Morgan fingerprint density at radius 2 is 1.96 bits per heavy atom. The number of amides is 1. The summed E-state index contributed by atoms with van der Waals surface area (Å²) in [6.45, 7) is 4.63. The van der Waals surface area contributed by atoms with Crippen LogP contribution in [0.15, 0.2) is 35.8 Å². The lowest BCUT2D eigenvalue weighted by molar-refractivity contribution is -0.138. The van der Waals surface area contributed by atoms with Gasteiger partial charge in [0.15, 0.2) is 0 Å². The molecule has 1 fully saturated rings. The Morgan fingerprint density at radius 1 is 1.17 bits per heavy atom. The molecule has 2 aliphatic heterocycles. The Balaban J connectivity index is 1.30. The van der Waals surface area contributed by atoms with E-state index in [9.17, 15) is 4.79 Å². The summed E-state index contributed by atoms with van der Waals surface area (Å²) in [5.41, 5.74) is 4.46. The van der Waals surface area contributed by atoms with E-state index in [-0.39, 0.29) is 5.92 Å². The van der Waals surface area contributed by atoms with E-state index in [1.54, 1.807) is 11.3 Å². The van der Waals surface area contributed by atoms with E-state index in [0.29, 0.717) is 5.91 Å². The molecule has 0 atom stereocenters. The number of fused-ring (bicyclic) bond motifs is 1. The van der Waals surface area contributed by atoms with Gasteiger partial charge in [0.1, 0.15) is 0 Å². The van der Waals surface area contributed by atoms with E-state index < -0.39 is 0 Å². The van der Waals surface area contributed by atoms with E-state index in [1.807, 2.05) is 5.51 Å². The fourth-order valence-corrected chi connectivity index (χ4v) is 4.57. The first-order valence-electron chi connectivity index (χ1n) is 8.76. The van der Waals surface area contributed by atoms with Gasteiger partial charge in [-0.3, -0.25) is 9.69 Å². The van der Waals surface area contributed by atoms with Crippen molar-refractivity contribution in [2.24, 2.45) is 5.92 Å². The third-order valence-corrected chi connectivity index (χ3v) is 6.04. The molecular formula is C19H23N3OS. The first-order valence-corrected chi connectivity index (χ1v) is 9.64. The minimum atomic E-state index is 0.200. The average molecular weight is 341 g/mol. The van der Waals surface area contributed by atoms with Gasteiger partial charge < -0.3 is 4.90 Å². The van der Waals surface area contributed by atoms with Crippen LogP contribution in [0.5, 0.6) is 0 Å². The fraction of sp³-hybridized carbons (Fsp3) is 0.474. The predicted molar refractivity (Wildman–Crippen MR) is 95.7 cm³/mol. The van der Waals surface area contributed by atoms with Gasteiger partial charge in [-0.2, -0.15) is 0 Å². The molecule has 24 heavy (non-hydrogen) atoms. The first-order chi connectivity index (χ1) is 11.8. The van der Waals surface area contributed by atoms with Crippen LogP contribution in [-0.4, -0.2) is 40.3 Å². The van der Waals surface area contributed by atoms with Crippen LogP contribution in [0, 0.1) is 5.92 Å². The van der Waals surface area contributed by atoms with Crippen LogP contribution in [0.25, 0.3) is 0 Å². The summed E-state index contributed by atoms with van der Waals surface area (Å²) in [5.74, 6) is 0.555. The molecule has 5 heteroatoms. The van der Waals surface area contributed by atoms with E-state index in [4.69, 9.17) is 0 Å². The molecule has 126 valence electrons. The third-order valence-electron chi connectivity index (χ3n) is 5.18. The molecule has 0 radical (unpaired) electrons. The molecule has 0 aliphatic carbocycles. The molecule has 1 aromatic heterocycles. The SMILES string of the molecule is O=C(C1CCN(Cc2ccccc2)CC1)N1CCc2ncsc2C1. The van der Waals surface area contributed by atoms with Crippen LogP contribution < -0.4 is 0 Å². The van der Waals surface area contributed by atoms with E-state index in [1.165, 1.54) is 16.1 Å². The van der Waals surface area contributed by atoms with Crippen molar-refractivity contribution in [3.05, 3.63) is 52.0 Å². The van der Waals surface area contributed by atoms with Gasteiger partial charge in [0.25, 0.3) is 0 Å². The van der Waals surface area contributed by atoms with Crippen molar-refractivity contribution < 1.29 is 4.79 Å². The zero-order valence-electron chi connectivity index (χ0n) is 13.9. The summed E-state index contributed by atoms with van der Waals surface area (Å²) in [7, 11) is 0. The smallest absolute Gasteiger partial charge is 0.226 e. The number of carbonyl (C=O) groups is 1. The molecule has 4 nitrogen and oxygen atoms in total. The van der Waals surface area contributed by atoms with Crippen LogP contribution in [0.3, 0.4) is 0 Å². The number of carbonyl (C=O) groups excluding carboxylic acids is 1. The number of aromatic nitrogens is 1. The van der Waals surface area contributed by atoms with Gasteiger partial charge in [-0.1, -0.05) is 30.3 Å². The summed E-state index contributed by atoms with van der Waals surface area (Å²) in [4.78, 5) is 23.0. The number of rotatable bonds is 3. The highest BCUT2D eigenvalue weighted by atomic mass is 32.1. The molecule has 0 N–H and O–H groups in total. The minimum Gasteiger partial charge on any atom is -0.337 e. The van der Waals surface area contributed by atoms with Crippen LogP contribution in [-0.2, 0) is 24.3 Å². The molecule has 3 heterocycles. The van der Waals surface area contributed by atoms with Crippen molar-refractivity contribution >= 4 is 17.2 Å². The molecule has 0 unspecified atom stereocenters. The molecule has 2 aliphatic rings. The van der Waals surface area contributed by atoms with Gasteiger partial charge >= 0.3 is 0 Å². The van der Waals surface area contributed by atoms with Crippen molar-refractivity contribution in [2.45, 2.75) is 32.4 Å². The molecule has 0 saturated carbocycles. The first kappa shape index (κ1) is 15.8. The Morgan fingerprint density at radius 3 is 2.75 bits per heavy atom. The third kappa shape index (κ3) is 3.37. The molecule has 4 rings (SSSR count). The van der Waals surface area contributed by atoms with Crippen molar-refractivity contribution in [3.8, 4) is 0 Å². The molecule has 1 amide bonds. The normalized spacial score (nSPS) is 19.2. The van der Waals surface area contributed by atoms with Crippen molar-refractivity contribution in [2.75, 3.05) is 19.6 Å². The number of nitrogens with zero attached hydrogens (tertiary/aromatic N) is 3. The zero-order valence-corrected chi connectivity index (χ0v) is 14.7. The maximum Gasteiger partial charge on any atom is 0.226 e. The number of piperidine rings is 1. The second-order valence-electron chi connectivity index (χ2n) is 6.77. The summed E-state index contributed by atoms with van der Waals surface area (Å²) in [6, 6.07) is 10.6. The largest absolute Gasteiger partial charge is 0.337 e. The minimum absolute atomic E-state index is 0.200. The van der Waals surface area contributed by atoms with Gasteiger partial charge in [0.2, 0.25) is 5.91 Å². The van der Waals surface area contributed by atoms with Gasteiger partial charge in [-0.15, -0.1) is 11.3 Å². The van der Waals surface area contributed by atoms with Gasteiger partial charge in [0.05, 0.1) is 17.7 Å². The Bertz CT molecular complexity index is 692. The van der Waals surface area contributed by atoms with Gasteiger partial charge in [-0.05, 0) is 31.5 Å². The summed E-state index contributed by atoms with van der Waals surface area (Å²) in [6.07, 6.45) is 2.88. The molecule has 1 saturated heterocycles. The second kappa shape index (κ2) is 7.03. The summed E-state index contributed by atoms with van der Waals surface area (Å²) < 4.78 is 0. The van der Waals surface area contributed by atoms with Crippen molar-refractivity contribution in [1.82, 2.24) is 14.8 Å². The monoisotopic (exact) mass is 341 g/mol. The highest BCUT2D eigenvalue weighted by Gasteiger charge is 2.30. The number of hydrogen-bond acceptors (Lipinski definition) is 4. The van der Waals surface area contributed by atoms with Crippen LogP contribution >= 0.6 is 11.3 Å². The lowest BCUT2D eigenvalue weighted by Crippen LogP contribution is -2.44. The second-order valence-corrected chi connectivity index (χ2v) is 7.71. The molecule has 2 aromatic rings. The van der Waals surface area contributed by atoms with Crippen molar-refractivity contribution in [1.29, 1.82) is 0 Å². The summed E-state index contributed by atoms with van der Waals surface area (Å²) >= 11 is 1.68. The molecule has 0 bridgehead atoms. The highest BCUT2D eigenvalue weighted by Crippen LogP contribution is 2.26. The summed E-state index contributed by atoms with van der Waals surface area (Å²) in [5, 5.41) is 0. The fourth-order valence-electron chi connectivity index (χ4n) is 3.75. The van der Waals surface area contributed by atoms with E-state index in [2.05, 4.69) is 45.1 Å². The zero-order chi connectivity index (χ0) is 16.4. The number of likely N-dealkylation sites (tertiary alicyclic amines) is 1. The van der Waals surface area contributed by atoms with Gasteiger partial charge in [-0.25, -0.2) is 4.98 Å². The Labute approximate surface area is 147 Å². The molecule has 0 spiro atoms. The number of benzene rings is 1. The predicted octanol–water partition coefficient (Wildman–Crippen LogP) is 2.94. The maximum atomic E-state index is 12.8. The lowest BCUT2D eigenvalue weighted by Gasteiger charge is -2.35. The number of thiazole rings is 1. The van der Waals surface area contributed by atoms with E-state index in [0.717, 1.165) is 52.0 Å². The van der Waals surface area contributed by atoms with Crippen LogP contribution in [0.1, 0.15) is 29.0 Å². The van der Waals surface area contributed by atoms with E-state index >= 15 is 0 Å². The van der Waals surface area contributed by atoms with Crippen LogP contribution in [0.4, 0.5) is 0 Å².